The molecule has 0 spiro atoms. The van der Waals surface area contributed by atoms with Gasteiger partial charge in [0, 0.05) is 38.1 Å². The highest BCUT2D eigenvalue weighted by Gasteiger charge is 2.29. The molecule has 1 aliphatic carbocycles. The largest absolute Gasteiger partial charge is 0.341 e. The maximum atomic E-state index is 12.8. The van der Waals surface area contributed by atoms with Gasteiger partial charge in [0.25, 0.3) is 0 Å². The summed E-state index contributed by atoms with van der Waals surface area (Å²) in [5.41, 5.74) is 0. The van der Waals surface area contributed by atoms with Crippen molar-refractivity contribution in [2.75, 3.05) is 39.3 Å². The molecule has 0 aromatic carbocycles. The van der Waals surface area contributed by atoms with E-state index in [1.165, 1.54) is 45.2 Å². The molecule has 3 fully saturated rings. The molecule has 5 heteroatoms. The Morgan fingerprint density at radius 1 is 1.00 bits per heavy atom. The van der Waals surface area contributed by atoms with Gasteiger partial charge in [-0.05, 0) is 58.0 Å². The average molecular weight is 358 g/mol. The zero-order valence-corrected chi connectivity index (χ0v) is 16.2. The lowest BCUT2D eigenvalue weighted by Crippen LogP contribution is -2.45. The molecule has 0 aromatic rings. The lowest BCUT2D eigenvalue weighted by molar-refractivity contribution is -0.136. The van der Waals surface area contributed by atoms with E-state index in [9.17, 15) is 4.79 Å². The van der Waals surface area contributed by atoms with Crippen LogP contribution in [-0.4, -0.2) is 61.0 Å². The third-order valence-corrected chi connectivity index (χ3v) is 6.11. The number of rotatable bonds is 3. The summed E-state index contributed by atoms with van der Waals surface area (Å²) < 4.78 is 0. The molecule has 1 saturated carbocycles. The van der Waals surface area contributed by atoms with Crippen LogP contribution in [0, 0.1) is 11.8 Å². The number of piperidine rings is 1. The predicted octanol–water partition coefficient (Wildman–Crippen LogP) is 2.91. The normalized spacial score (nSPS) is 30.5. The Kier molecular flexibility index (Phi) is 8.32. The van der Waals surface area contributed by atoms with Crippen molar-refractivity contribution in [3.8, 4) is 0 Å². The number of amides is 1. The maximum Gasteiger partial charge on any atom is 0.225 e. The van der Waals surface area contributed by atoms with Gasteiger partial charge < -0.3 is 15.1 Å². The van der Waals surface area contributed by atoms with E-state index in [1.807, 2.05) is 0 Å². The van der Waals surface area contributed by atoms with Crippen LogP contribution in [-0.2, 0) is 4.79 Å². The highest BCUT2D eigenvalue weighted by molar-refractivity contribution is 5.85. The molecule has 24 heavy (non-hydrogen) atoms. The summed E-state index contributed by atoms with van der Waals surface area (Å²) in [6.45, 7) is 8.66. The van der Waals surface area contributed by atoms with E-state index in [0.29, 0.717) is 11.9 Å². The molecule has 0 unspecified atom stereocenters. The highest BCUT2D eigenvalue weighted by atomic mass is 35.5. The van der Waals surface area contributed by atoms with Crippen molar-refractivity contribution in [2.45, 2.75) is 64.3 Å². The van der Waals surface area contributed by atoms with Crippen LogP contribution in [0.4, 0.5) is 0 Å². The van der Waals surface area contributed by atoms with E-state index < -0.39 is 0 Å². The van der Waals surface area contributed by atoms with Gasteiger partial charge in [-0.3, -0.25) is 4.79 Å². The van der Waals surface area contributed by atoms with E-state index >= 15 is 0 Å². The minimum Gasteiger partial charge on any atom is -0.341 e. The molecule has 140 valence electrons. The molecule has 2 atom stereocenters. The number of nitrogens with one attached hydrogen (secondary N) is 1. The lowest BCUT2D eigenvalue weighted by atomic mass is 9.89. The van der Waals surface area contributed by atoms with Gasteiger partial charge in [-0.1, -0.05) is 19.3 Å². The second-order valence-electron chi connectivity index (χ2n) is 8.06. The lowest BCUT2D eigenvalue weighted by Gasteiger charge is -2.32. The monoisotopic (exact) mass is 357 g/mol. The smallest absolute Gasteiger partial charge is 0.225 e. The first-order valence-electron chi connectivity index (χ1n) is 9.97. The topological polar surface area (TPSA) is 35.6 Å². The number of carbonyl (C=O) groups is 1. The third kappa shape index (κ3) is 5.60. The van der Waals surface area contributed by atoms with Gasteiger partial charge in [0.1, 0.15) is 0 Å². The Hall–Kier alpha value is -0.320. The Labute approximate surface area is 154 Å². The van der Waals surface area contributed by atoms with Crippen LogP contribution >= 0.6 is 12.4 Å². The summed E-state index contributed by atoms with van der Waals surface area (Å²) in [4.78, 5) is 17.6. The van der Waals surface area contributed by atoms with E-state index in [0.717, 1.165) is 51.4 Å². The first-order chi connectivity index (χ1) is 11.2. The second kappa shape index (κ2) is 9.98. The molecule has 3 aliphatic rings. The number of nitrogens with zero attached hydrogens (tertiary/aromatic N) is 2. The Bertz CT molecular complexity index is 387. The maximum absolute atomic E-state index is 12.8. The molecular weight excluding hydrogens is 322 g/mol. The fraction of sp³-hybridized carbons (Fsp3) is 0.947. The quantitative estimate of drug-likeness (QED) is 0.843. The predicted molar refractivity (Wildman–Crippen MR) is 102 cm³/mol. The molecule has 0 aromatic heterocycles. The van der Waals surface area contributed by atoms with Gasteiger partial charge in [0.15, 0.2) is 0 Å². The van der Waals surface area contributed by atoms with Crippen molar-refractivity contribution in [2.24, 2.45) is 11.8 Å². The van der Waals surface area contributed by atoms with Crippen LogP contribution in [0.1, 0.15) is 58.3 Å². The van der Waals surface area contributed by atoms with Crippen LogP contribution < -0.4 is 5.32 Å². The summed E-state index contributed by atoms with van der Waals surface area (Å²) in [6, 6.07) is 0.493. The number of hydrogen-bond donors (Lipinski definition) is 1. The van der Waals surface area contributed by atoms with Crippen LogP contribution in [0.15, 0.2) is 0 Å². The minimum atomic E-state index is 0. The van der Waals surface area contributed by atoms with Gasteiger partial charge >= 0.3 is 0 Å². The molecule has 2 heterocycles. The van der Waals surface area contributed by atoms with Gasteiger partial charge in [-0.15, -0.1) is 12.4 Å². The standard InChI is InChI=1S/C19H35N3O.ClH/c1-16-14-18(8-9-20-16)19(23)22-11-5-10-21(12-13-22)15-17-6-3-2-4-7-17;/h16-18,20H,2-15H2,1H3;1H/t16-,18-;/m0./s1. The molecule has 4 nitrogen and oxygen atoms in total. The number of halogens is 1. The van der Waals surface area contributed by atoms with Gasteiger partial charge in [-0.2, -0.15) is 0 Å². The Balaban J connectivity index is 0.00000208. The third-order valence-electron chi connectivity index (χ3n) is 6.11. The summed E-state index contributed by atoms with van der Waals surface area (Å²) in [5.74, 6) is 1.60. The summed E-state index contributed by atoms with van der Waals surface area (Å²) in [7, 11) is 0. The zero-order valence-electron chi connectivity index (χ0n) is 15.3. The van der Waals surface area contributed by atoms with Gasteiger partial charge in [0.05, 0.1) is 0 Å². The molecule has 0 radical (unpaired) electrons. The van der Waals surface area contributed by atoms with Crippen LogP contribution in [0.25, 0.3) is 0 Å². The van der Waals surface area contributed by atoms with Crippen molar-refractivity contribution < 1.29 is 4.79 Å². The van der Waals surface area contributed by atoms with Crippen molar-refractivity contribution in [3.05, 3.63) is 0 Å². The van der Waals surface area contributed by atoms with E-state index in [4.69, 9.17) is 0 Å². The molecule has 0 bridgehead atoms. The number of hydrogen-bond acceptors (Lipinski definition) is 3. The molecule has 2 aliphatic heterocycles. The summed E-state index contributed by atoms with van der Waals surface area (Å²) >= 11 is 0. The summed E-state index contributed by atoms with van der Waals surface area (Å²) in [6.07, 6.45) is 10.3. The first kappa shape index (κ1) is 20.0. The molecule has 2 saturated heterocycles. The van der Waals surface area contributed by atoms with Crippen molar-refractivity contribution in [1.82, 2.24) is 15.1 Å². The van der Waals surface area contributed by atoms with Crippen molar-refractivity contribution >= 4 is 18.3 Å². The molecule has 3 rings (SSSR count). The van der Waals surface area contributed by atoms with Crippen LogP contribution in [0.2, 0.25) is 0 Å². The fourth-order valence-electron chi connectivity index (χ4n) is 4.72. The van der Waals surface area contributed by atoms with Crippen molar-refractivity contribution in [1.29, 1.82) is 0 Å². The van der Waals surface area contributed by atoms with Crippen LogP contribution in [0.3, 0.4) is 0 Å². The van der Waals surface area contributed by atoms with Gasteiger partial charge in [0.2, 0.25) is 5.91 Å². The fourth-order valence-corrected chi connectivity index (χ4v) is 4.72. The zero-order chi connectivity index (χ0) is 16.1. The van der Waals surface area contributed by atoms with E-state index in [1.54, 1.807) is 0 Å². The van der Waals surface area contributed by atoms with Crippen LogP contribution in [0.5, 0.6) is 0 Å². The SMILES string of the molecule is C[C@H]1C[C@@H](C(=O)N2CCCN(CC3CCCCC3)CC2)CCN1.Cl. The molecule has 1 amide bonds. The molecular formula is C19H36ClN3O. The number of carbonyl (C=O) groups excluding carboxylic acids is 1. The first-order valence-corrected chi connectivity index (χ1v) is 9.97. The Morgan fingerprint density at radius 2 is 1.79 bits per heavy atom. The van der Waals surface area contributed by atoms with E-state index in [2.05, 4.69) is 22.0 Å². The average Bonchev–Trinajstić information content (AvgIpc) is 2.81. The van der Waals surface area contributed by atoms with Gasteiger partial charge in [-0.25, -0.2) is 0 Å². The summed E-state index contributed by atoms with van der Waals surface area (Å²) in [5, 5.41) is 3.46. The Morgan fingerprint density at radius 3 is 2.54 bits per heavy atom. The highest BCUT2D eigenvalue weighted by Crippen LogP contribution is 2.25. The minimum absolute atomic E-state index is 0. The second-order valence-corrected chi connectivity index (χ2v) is 8.06. The van der Waals surface area contributed by atoms with E-state index in [-0.39, 0.29) is 18.3 Å². The van der Waals surface area contributed by atoms with Crippen molar-refractivity contribution in [3.63, 3.8) is 0 Å². The molecule has 1 N–H and O–H groups in total.